The first kappa shape index (κ1) is 19.7. The molecule has 124 valence electrons. The molecule has 0 radical (unpaired) electrons. The zero-order valence-electron chi connectivity index (χ0n) is 14.0. The third-order valence-electron chi connectivity index (χ3n) is 4.02. The van der Waals surface area contributed by atoms with Gasteiger partial charge in [-0.05, 0) is 39.0 Å². The van der Waals surface area contributed by atoms with Crippen molar-refractivity contribution in [2.75, 3.05) is 13.1 Å². The van der Waals surface area contributed by atoms with Crippen LogP contribution >= 0.6 is 0 Å². The number of urea groups is 1. The average molecular weight is 300 g/mol. The highest BCUT2D eigenvalue weighted by atomic mass is 16.4. The molecule has 0 aliphatic rings. The Labute approximate surface area is 129 Å². The van der Waals surface area contributed by atoms with Crippen LogP contribution in [0.2, 0.25) is 0 Å². The lowest BCUT2D eigenvalue weighted by molar-refractivity contribution is -0.137. The topological polar surface area (TPSA) is 69.6 Å². The third-order valence-corrected chi connectivity index (χ3v) is 4.02. The Balaban J connectivity index is 4.16. The van der Waals surface area contributed by atoms with Gasteiger partial charge in [0.2, 0.25) is 0 Å². The van der Waals surface area contributed by atoms with Gasteiger partial charge in [-0.2, -0.15) is 0 Å². The van der Waals surface area contributed by atoms with Gasteiger partial charge in [0.25, 0.3) is 0 Å². The summed E-state index contributed by atoms with van der Waals surface area (Å²) in [7, 11) is 0. The Hall–Kier alpha value is -1.26. The Morgan fingerprint density at radius 2 is 1.81 bits per heavy atom. The molecule has 0 aliphatic carbocycles. The molecule has 0 aromatic carbocycles. The van der Waals surface area contributed by atoms with Gasteiger partial charge in [0.05, 0.1) is 0 Å². The zero-order chi connectivity index (χ0) is 16.3. The van der Waals surface area contributed by atoms with Crippen LogP contribution < -0.4 is 5.32 Å². The molecule has 0 rings (SSSR count). The molecule has 5 nitrogen and oxygen atoms in total. The van der Waals surface area contributed by atoms with Crippen LogP contribution in [-0.4, -0.2) is 41.1 Å². The van der Waals surface area contributed by atoms with Gasteiger partial charge in [0, 0.05) is 25.6 Å². The largest absolute Gasteiger partial charge is 0.481 e. The molecule has 0 saturated heterocycles. The third kappa shape index (κ3) is 8.58. The maximum Gasteiger partial charge on any atom is 0.317 e. The van der Waals surface area contributed by atoms with Crippen LogP contribution in [-0.2, 0) is 4.79 Å². The quantitative estimate of drug-likeness (QED) is 0.613. The van der Waals surface area contributed by atoms with Gasteiger partial charge < -0.3 is 15.3 Å². The molecule has 0 bridgehead atoms. The van der Waals surface area contributed by atoms with Crippen molar-refractivity contribution in [3.63, 3.8) is 0 Å². The fraction of sp³-hybridized carbons (Fsp3) is 0.875. The van der Waals surface area contributed by atoms with E-state index in [4.69, 9.17) is 5.11 Å². The summed E-state index contributed by atoms with van der Waals surface area (Å²) in [5.74, 6) is -0.362. The predicted octanol–water partition coefficient (Wildman–Crippen LogP) is 3.49. The van der Waals surface area contributed by atoms with Gasteiger partial charge in [-0.1, -0.05) is 26.7 Å². The first-order valence-corrected chi connectivity index (χ1v) is 8.22. The van der Waals surface area contributed by atoms with E-state index in [1.807, 2.05) is 11.8 Å². The minimum atomic E-state index is -0.742. The van der Waals surface area contributed by atoms with Gasteiger partial charge in [0.15, 0.2) is 0 Å². The number of hydrogen-bond donors (Lipinski definition) is 2. The van der Waals surface area contributed by atoms with Crippen LogP contribution in [0.25, 0.3) is 0 Å². The van der Waals surface area contributed by atoms with E-state index in [1.165, 1.54) is 0 Å². The summed E-state index contributed by atoms with van der Waals surface area (Å²) in [6, 6.07) is 0.230. The number of aliphatic carboxylic acids is 1. The number of rotatable bonds is 11. The minimum Gasteiger partial charge on any atom is -0.481 e. The predicted molar refractivity (Wildman–Crippen MR) is 85.4 cm³/mol. The molecule has 2 amide bonds. The first-order valence-electron chi connectivity index (χ1n) is 8.22. The van der Waals surface area contributed by atoms with Gasteiger partial charge in [0.1, 0.15) is 0 Å². The summed E-state index contributed by atoms with van der Waals surface area (Å²) < 4.78 is 0. The van der Waals surface area contributed by atoms with Crippen LogP contribution in [0, 0.1) is 5.92 Å². The Morgan fingerprint density at radius 1 is 1.14 bits per heavy atom. The molecular formula is C16H32N2O3. The van der Waals surface area contributed by atoms with E-state index in [0.29, 0.717) is 25.4 Å². The van der Waals surface area contributed by atoms with Gasteiger partial charge in [-0.3, -0.25) is 4.79 Å². The SMILES string of the molecule is CCCC(CCNC(=O)N(CC)C(C)CC)CCC(=O)O. The van der Waals surface area contributed by atoms with Crippen molar-refractivity contribution in [3.05, 3.63) is 0 Å². The lowest BCUT2D eigenvalue weighted by Gasteiger charge is -2.27. The number of nitrogens with zero attached hydrogens (tertiary/aromatic N) is 1. The van der Waals surface area contributed by atoms with Crippen molar-refractivity contribution in [1.82, 2.24) is 10.2 Å². The van der Waals surface area contributed by atoms with Crippen molar-refractivity contribution in [3.8, 4) is 0 Å². The maximum atomic E-state index is 12.1. The van der Waals surface area contributed by atoms with E-state index in [2.05, 4.69) is 26.1 Å². The summed E-state index contributed by atoms with van der Waals surface area (Å²) in [5, 5.41) is 11.7. The Kier molecular flexibility index (Phi) is 10.7. The summed E-state index contributed by atoms with van der Waals surface area (Å²) in [4.78, 5) is 24.6. The number of carbonyl (C=O) groups excluding carboxylic acids is 1. The summed E-state index contributed by atoms with van der Waals surface area (Å²) >= 11 is 0. The van der Waals surface area contributed by atoms with Crippen molar-refractivity contribution >= 4 is 12.0 Å². The Bertz CT molecular complexity index is 308. The van der Waals surface area contributed by atoms with Crippen LogP contribution in [0.1, 0.15) is 66.2 Å². The number of carboxylic acids is 1. The van der Waals surface area contributed by atoms with E-state index in [0.717, 1.165) is 25.7 Å². The number of carboxylic acid groups (broad SMARTS) is 1. The van der Waals surface area contributed by atoms with Crippen molar-refractivity contribution in [1.29, 1.82) is 0 Å². The molecule has 0 spiro atoms. The number of hydrogen-bond acceptors (Lipinski definition) is 2. The molecule has 2 atom stereocenters. The standard InChI is InChI=1S/C16H32N2O3/c1-5-8-14(9-10-15(19)20)11-12-17-16(21)18(7-3)13(4)6-2/h13-14H,5-12H2,1-4H3,(H,17,21)(H,19,20). The average Bonchev–Trinajstić information content (AvgIpc) is 2.45. The van der Waals surface area contributed by atoms with Crippen molar-refractivity contribution < 1.29 is 14.7 Å². The highest BCUT2D eigenvalue weighted by molar-refractivity contribution is 5.74. The Morgan fingerprint density at radius 3 is 2.29 bits per heavy atom. The zero-order valence-corrected chi connectivity index (χ0v) is 14.0. The summed E-state index contributed by atoms with van der Waals surface area (Å²) in [6.45, 7) is 9.54. The molecule has 2 N–H and O–H groups in total. The van der Waals surface area contributed by atoms with Gasteiger partial charge >= 0.3 is 12.0 Å². The normalized spacial score (nSPS) is 13.5. The monoisotopic (exact) mass is 300 g/mol. The van der Waals surface area contributed by atoms with Gasteiger partial charge in [-0.15, -0.1) is 0 Å². The number of nitrogens with one attached hydrogen (secondary N) is 1. The smallest absolute Gasteiger partial charge is 0.317 e. The van der Waals surface area contributed by atoms with E-state index in [-0.39, 0.29) is 18.5 Å². The van der Waals surface area contributed by atoms with E-state index < -0.39 is 5.97 Å². The van der Waals surface area contributed by atoms with E-state index in [1.54, 1.807) is 0 Å². The molecule has 0 heterocycles. The van der Waals surface area contributed by atoms with Crippen LogP contribution in [0.5, 0.6) is 0 Å². The molecule has 0 saturated carbocycles. The molecule has 0 aliphatic heterocycles. The van der Waals surface area contributed by atoms with Crippen molar-refractivity contribution in [2.24, 2.45) is 5.92 Å². The second kappa shape index (κ2) is 11.4. The van der Waals surface area contributed by atoms with Crippen LogP contribution in [0.4, 0.5) is 4.79 Å². The van der Waals surface area contributed by atoms with E-state index >= 15 is 0 Å². The number of amides is 2. The molecule has 5 heteroatoms. The lowest BCUT2D eigenvalue weighted by atomic mass is 9.94. The van der Waals surface area contributed by atoms with Gasteiger partial charge in [-0.25, -0.2) is 4.79 Å². The van der Waals surface area contributed by atoms with E-state index in [9.17, 15) is 9.59 Å². The first-order chi connectivity index (χ1) is 9.96. The highest BCUT2D eigenvalue weighted by Crippen LogP contribution is 2.17. The maximum absolute atomic E-state index is 12.1. The lowest BCUT2D eigenvalue weighted by Crippen LogP contribution is -2.45. The summed E-state index contributed by atoms with van der Waals surface area (Å²) in [5.41, 5.74) is 0. The van der Waals surface area contributed by atoms with Crippen LogP contribution in [0.15, 0.2) is 0 Å². The fourth-order valence-electron chi connectivity index (χ4n) is 2.53. The highest BCUT2D eigenvalue weighted by Gasteiger charge is 2.17. The molecule has 0 fully saturated rings. The second-order valence-electron chi connectivity index (χ2n) is 5.65. The molecule has 21 heavy (non-hydrogen) atoms. The molecular weight excluding hydrogens is 268 g/mol. The van der Waals surface area contributed by atoms with Crippen LogP contribution in [0.3, 0.4) is 0 Å². The number of carbonyl (C=O) groups is 2. The second-order valence-corrected chi connectivity index (χ2v) is 5.65. The fourth-order valence-corrected chi connectivity index (χ4v) is 2.53. The summed E-state index contributed by atoms with van der Waals surface area (Å²) in [6.07, 6.45) is 4.77. The minimum absolute atomic E-state index is 0.0136. The molecule has 2 unspecified atom stereocenters. The van der Waals surface area contributed by atoms with Crippen molar-refractivity contribution in [2.45, 2.75) is 72.3 Å². The molecule has 0 aromatic heterocycles. The molecule has 0 aromatic rings.